The predicted molar refractivity (Wildman–Crippen MR) is 69.5 cm³/mol. The number of rotatable bonds is 3. The van der Waals surface area contributed by atoms with Crippen molar-refractivity contribution in [2.24, 2.45) is 5.92 Å². The van der Waals surface area contributed by atoms with E-state index in [1.54, 1.807) is 0 Å². The van der Waals surface area contributed by atoms with Gasteiger partial charge >= 0.3 is 0 Å². The lowest BCUT2D eigenvalue weighted by Crippen LogP contribution is -2.31. The highest BCUT2D eigenvalue weighted by Gasteiger charge is 2.31. The summed E-state index contributed by atoms with van der Waals surface area (Å²) in [4.78, 5) is 12.0. The van der Waals surface area contributed by atoms with Crippen LogP contribution in [0.15, 0.2) is 18.2 Å². The third-order valence-electron chi connectivity index (χ3n) is 3.76. The topological polar surface area (TPSA) is 50.4 Å². The number of ether oxygens (including phenoxy) is 1. The van der Waals surface area contributed by atoms with Gasteiger partial charge in [0, 0.05) is 24.4 Å². The second kappa shape index (κ2) is 4.71. The minimum atomic E-state index is -0.208. The first-order valence-electron chi connectivity index (χ1n) is 6.47. The molecule has 2 atom stereocenters. The van der Waals surface area contributed by atoms with Crippen molar-refractivity contribution >= 4 is 11.6 Å². The van der Waals surface area contributed by atoms with E-state index >= 15 is 0 Å². The molecule has 1 amide bonds. The lowest BCUT2D eigenvalue weighted by Gasteiger charge is -2.14. The van der Waals surface area contributed by atoms with E-state index in [-0.39, 0.29) is 11.9 Å². The van der Waals surface area contributed by atoms with Crippen molar-refractivity contribution in [3.8, 4) is 0 Å². The third-order valence-corrected chi connectivity index (χ3v) is 3.76. The smallest absolute Gasteiger partial charge is 0.246 e. The van der Waals surface area contributed by atoms with Crippen LogP contribution in [0.5, 0.6) is 0 Å². The Morgan fingerprint density at radius 1 is 1.50 bits per heavy atom. The maximum Gasteiger partial charge on any atom is 0.246 e. The fourth-order valence-corrected chi connectivity index (χ4v) is 2.67. The van der Waals surface area contributed by atoms with Crippen LogP contribution in [-0.2, 0) is 9.53 Å². The summed E-state index contributed by atoms with van der Waals surface area (Å²) in [6, 6.07) is 5.83. The molecule has 4 nitrogen and oxygen atoms in total. The number of amides is 1. The van der Waals surface area contributed by atoms with Crippen molar-refractivity contribution in [2.45, 2.75) is 19.4 Å². The molecule has 0 aliphatic carbocycles. The minimum Gasteiger partial charge on any atom is -0.381 e. The van der Waals surface area contributed by atoms with Crippen molar-refractivity contribution in [3.05, 3.63) is 29.3 Å². The Hall–Kier alpha value is -1.39. The van der Waals surface area contributed by atoms with Crippen LogP contribution in [0.2, 0.25) is 0 Å². The number of aryl methyl sites for hydroxylation is 1. The summed E-state index contributed by atoms with van der Waals surface area (Å²) in [5.41, 5.74) is 3.16. The predicted octanol–water partition coefficient (Wildman–Crippen LogP) is 1.61. The summed E-state index contributed by atoms with van der Waals surface area (Å²) in [6.07, 6.45) is 1.09. The summed E-state index contributed by atoms with van der Waals surface area (Å²) in [6.45, 7) is 4.51. The molecule has 96 valence electrons. The van der Waals surface area contributed by atoms with Gasteiger partial charge in [-0.25, -0.2) is 0 Å². The Balaban J connectivity index is 1.73. The maximum atomic E-state index is 12.0. The Morgan fingerprint density at radius 3 is 3.17 bits per heavy atom. The Kier molecular flexibility index (Phi) is 3.06. The molecule has 1 fully saturated rings. The number of benzene rings is 1. The summed E-state index contributed by atoms with van der Waals surface area (Å²) < 4.78 is 5.35. The zero-order valence-corrected chi connectivity index (χ0v) is 10.5. The van der Waals surface area contributed by atoms with Gasteiger partial charge in [-0.2, -0.15) is 0 Å². The molecule has 1 aromatic rings. The molecule has 2 aliphatic heterocycles. The highest BCUT2D eigenvalue weighted by Crippen LogP contribution is 2.33. The number of hydrogen-bond acceptors (Lipinski definition) is 3. The van der Waals surface area contributed by atoms with Crippen molar-refractivity contribution in [2.75, 3.05) is 25.1 Å². The van der Waals surface area contributed by atoms with Gasteiger partial charge in [0.25, 0.3) is 0 Å². The number of para-hydroxylation sites is 1. The normalized spacial score (nSPS) is 26.2. The summed E-state index contributed by atoms with van der Waals surface area (Å²) in [5.74, 6) is 0.588. The molecule has 2 heterocycles. The molecule has 0 aromatic heterocycles. The average Bonchev–Trinajstić information content (AvgIpc) is 2.95. The van der Waals surface area contributed by atoms with Gasteiger partial charge in [-0.05, 0) is 24.8 Å². The molecule has 0 spiro atoms. The molecule has 18 heavy (non-hydrogen) atoms. The van der Waals surface area contributed by atoms with Gasteiger partial charge in [-0.3, -0.25) is 4.79 Å². The van der Waals surface area contributed by atoms with Gasteiger partial charge in [0.15, 0.2) is 0 Å². The quantitative estimate of drug-likeness (QED) is 0.852. The lowest BCUT2D eigenvalue weighted by atomic mass is 10.0. The minimum absolute atomic E-state index is 0.0539. The molecule has 0 bridgehead atoms. The van der Waals surface area contributed by atoms with Crippen molar-refractivity contribution in [1.82, 2.24) is 5.32 Å². The number of nitrogens with one attached hydrogen (secondary N) is 2. The first kappa shape index (κ1) is 11.7. The van der Waals surface area contributed by atoms with E-state index in [4.69, 9.17) is 4.74 Å². The molecule has 2 aliphatic rings. The van der Waals surface area contributed by atoms with Gasteiger partial charge < -0.3 is 15.4 Å². The number of anilines is 1. The van der Waals surface area contributed by atoms with E-state index in [1.807, 2.05) is 25.1 Å². The monoisotopic (exact) mass is 246 g/mol. The maximum absolute atomic E-state index is 12.0. The van der Waals surface area contributed by atoms with Gasteiger partial charge in [-0.15, -0.1) is 0 Å². The van der Waals surface area contributed by atoms with E-state index in [0.29, 0.717) is 5.92 Å². The fourth-order valence-electron chi connectivity index (χ4n) is 2.67. The Bertz CT molecular complexity index is 467. The molecular formula is C14H18N2O2. The van der Waals surface area contributed by atoms with E-state index in [2.05, 4.69) is 10.6 Å². The zero-order chi connectivity index (χ0) is 12.5. The second-order valence-corrected chi connectivity index (χ2v) is 5.10. The summed E-state index contributed by atoms with van der Waals surface area (Å²) >= 11 is 0. The largest absolute Gasteiger partial charge is 0.381 e. The highest BCUT2D eigenvalue weighted by molar-refractivity contribution is 6.03. The molecule has 2 unspecified atom stereocenters. The zero-order valence-electron chi connectivity index (χ0n) is 10.5. The first-order chi connectivity index (χ1) is 8.75. The van der Waals surface area contributed by atoms with Crippen LogP contribution in [0.4, 0.5) is 5.69 Å². The molecule has 1 saturated heterocycles. The van der Waals surface area contributed by atoms with Crippen LogP contribution < -0.4 is 10.6 Å². The van der Waals surface area contributed by atoms with Crippen LogP contribution in [0.25, 0.3) is 0 Å². The van der Waals surface area contributed by atoms with E-state index in [0.717, 1.165) is 43.0 Å². The molecule has 1 aromatic carbocycles. The lowest BCUT2D eigenvalue weighted by molar-refractivity contribution is -0.117. The number of fused-ring (bicyclic) bond motifs is 1. The second-order valence-electron chi connectivity index (χ2n) is 5.10. The van der Waals surface area contributed by atoms with Crippen molar-refractivity contribution in [1.29, 1.82) is 0 Å². The van der Waals surface area contributed by atoms with Crippen LogP contribution in [0.1, 0.15) is 23.6 Å². The number of carbonyl (C=O) groups is 1. The summed E-state index contributed by atoms with van der Waals surface area (Å²) in [5, 5.41) is 6.32. The van der Waals surface area contributed by atoms with E-state index < -0.39 is 0 Å². The van der Waals surface area contributed by atoms with Gasteiger partial charge in [0.2, 0.25) is 5.91 Å². The molecule has 4 heteroatoms. The molecule has 0 saturated carbocycles. The van der Waals surface area contributed by atoms with Crippen molar-refractivity contribution < 1.29 is 9.53 Å². The van der Waals surface area contributed by atoms with E-state index in [1.165, 1.54) is 0 Å². The molecule has 0 radical (unpaired) electrons. The number of carbonyl (C=O) groups excluding carboxylic acids is 1. The Morgan fingerprint density at radius 2 is 2.39 bits per heavy atom. The highest BCUT2D eigenvalue weighted by atomic mass is 16.5. The SMILES string of the molecule is Cc1cccc2c1NC(=O)C2NCC1CCOC1. The van der Waals surface area contributed by atoms with E-state index in [9.17, 15) is 4.79 Å². The molecule has 2 N–H and O–H groups in total. The fraction of sp³-hybridized carbons (Fsp3) is 0.500. The standard InChI is InChI=1S/C14H18N2O2/c1-9-3-2-4-11-12(9)16-14(17)13(11)15-7-10-5-6-18-8-10/h2-4,10,13,15H,5-8H2,1H3,(H,16,17). The molecular weight excluding hydrogens is 228 g/mol. The van der Waals surface area contributed by atoms with Crippen molar-refractivity contribution in [3.63, 3.8) is 0 Å². The first-order valence-corrected chi connectivity index (χ1v) is 6.47. The van der Waals surface area contributed by atoms with Gasteiger partial charge in [0.1, 0.15) is 6.04 Å². The Labute approximate surface area is 107 Å². The summed E-state index contributed by atoms with van der Waals surface area (Å²) in [7, 11) is 0. The van der Waals surface area contributed by atoms with Crippen LogP contribution >= 0.6 is 0 Å². The molecule has 3 rings (SSSR count). The third kappa shape index (κ3) is 2.02. The van der Waals surface area contributed by atoms with Gasteiger partial charge in [0.05, 0.1) is 6.61 Å². The van der Waals surface area contributed by atoms with Crippen LogP contribution in [-0.4, -0.2) is 25.7 Å². The average molecular weight is 246 g/mol. The van der Waals surface area contributed by atoms with Gasteiger partial charge in [-0.1, -0.05) is 18.2 Å². The van der Waals surface area contributed by atoms with Crippen LogP contribution in [0, 0.1) is 12.8 Å². The number of hydrogen-bond donors (Lipinski definition) is 2. The van der Waals surface area contributed by atoms with Crippen LogP contribution in [0.3, 0.4) is 0 Å².